The molecule has 0 aliphatic carbocycles. The third kappa shape index (κ3) is 4.84. The van der Waals surface area contributed by atoms with Crippen LogP contribution in [-0.4, -0.2) is 26.6 Å². The van der Waals surface area contributed by atoms with E-state index in [0.29, 0.717) is 16.1 Å². The monoisotopic (exact) mass is 399 g/mol. The summed E-state index contributed by atoms with van der Waals surface area (Å²) in [4.78, 5) is 25.2. The van der Waals surface area contributed by atoms with Crippen molar-refractivity contribution in [1.82, 2.24) is 15.0 Å². The van der Waals surface area contributed by atoms with Gasteiger partial charge in [-0.2, -0.15) is 0 Å². The number of amides is 1. The van der Waals surface area contributed by atoms with E-state index >= 15 is 0 Å². The summed E-state index contributed by atoms with van der Waals surface area (Å²) in [6, 6.07) is 5.99. The van der Waals surface area contributed by atoms with Crippen LogP contribution in [0.3, 0.4) is 0 Å². The summed E-state index contributed by atoms with van der Waals surface area (Å²) in [5.74, 6) is 0.445. The second-order valence-corrected chi connectivity index (χ2v) is 8.14. The van der Waals surface area contributed by atoms with Crippen molar-refractivity contribution >= 4 is 40.0 Å². The Kier molecular flexibility index (Phi) is 5.76. The van der Waals surface area contributed by atoms with Crippen molar-refractivity contribution < 1.29 is 4.79 Å². The molecule has 6 nitrogen and oxygen atoms in total. The van der Waals surface area contributed by atoms with Crippen molar-refractivity contribution in [2.75, 3.05) is 16.8 Å². The Morgan fingerprint density at radius 1 is 1.07 bits per heavy atom. The third-order valence-corrected chi connectivity index (χ3v) is 5.66. The van der Waals surface area contributed by atoms with Gasteiger partial charge in [-0.25, -0.2) is 15.0 Å². The highest BCUT2D eigenvalue weighted by atomic mass is 32.2. The van der Waals surface area contributed by atoms with Crippen molar-refractivity contribution in [2.24, 2.45) is 0 Å². The van der Waals surface area contributed by atoms with Gasteiger partial charge in [0.25, 0.3) is 0 Å². The topological polar surface area (TPSA) is 93.8 Å². The lowest BCUT2D eigenvalue weighted by molar-refractivity contribution is -0.113. The number of carbonyl (C=O) groups is 1. The predicted octanol–water partition coefficient (Wildman–Crippen LogP) is 4.15. The van der Waals surface area contributed by atoms with E-state index in [1.54, 1.807) is 6.07 Å². The van der Waals surface area contributed by atoms with Crippen LogP contribution in [0, 0.1) is 27.7 Å². The highest BCUT2D eigenvalue weighted by molar-refractivity contribution is 7.99. The molecule has 0 unspecified atom stereocenters. The van der Waals surface area contributed by atoms with Crippen molar-refractivity contribution in [2.45, 2.75) is 32.9 Å². The predicted molar refractivity (Wildman–Crippen MR) is 112 cm³/mol. The number of nitrogens with zero attached hydrogens (tertiary/aromatic N) is 3. The normalized spacial score (nSPS) is 10.8. The van der Waals surface area contributed by atoms with Crippen LogP contribution in [0.1, 0.15) is 22.4 Å². The molecule has 27 heavy (non-hydrogen) atoms. The largest absolute Gasteiger partial charge is 0.384 e. The number of carbonyl (C=O) groups excluding carboxylic acids is 1. The maximum atomic E-state index is 12.2. The van der Waals surface area contributed by atoms with Gasteiger partial charge in [0.05, 0.1) is 11.4 Å². The van der Waals surface area contributed by atoms with Gasteiger partial charge in [-0.3, -0.25) is 4.79 Å². The van der Waals surface area contributed by atoms with Gasteiger partial charge in [0, 0.05) is 22.7 Å². The standard InChI is InChI=1S/C19H21N5OS2/c1-10-5-12(3)14(6-11(10)2)15-8-26-19(22-15)24-17(25)9-27-18-21-13(4)7-16(20)23-18/h5-8H,9H2,1-4H3,(H2,20,21,23)(H,22,24,25). The molecule has 2 aromatic heterocycles. The maximum Gasteiger partial charge on any atom is 0.236 e. The van der Waals surface area contributed by atoms with Crippen LogP contribution in [0.5, 0.6) is 0 Å². The number of aryl methyl sites for hydroxylation is 4. The SMILES string of the molecule is Cc1cc(N)nc(SCC(=O)Nc2nc(-c3cc(C)c(C)cc3C)cs2)n1. The molecule has 0 radical (unpaired) electrons. The van der Waals surface area contributed by atoms with E-state index in [1.165, 1.54) is 39.8 Å². The highest BCUT2D eigenvalue weighted by Gasteiger charge is 2.12. The number of thioether (sulfide) groups is 1. The summed E-state index contributed by atoms with van der Waals surface area (Å²) in [6.45, 7) is 8.10. The molecule has 0 spiro atoms. The Hall–Kier alpha value is -2.45. The van der Waals surface area contributed by atoms with E-state index < -0.39 is 0 Å². The van der Waals surface area contributed by atoms with Crippen LogP contribution >= 0.6 is 23.1 Å². The highest BCUT2D eigenvalue weighted by Crippen LogP contribution is 2.29. The zero-order valence-electron chi connectivity index (χ0n) is 15.7. The van der Waals surface area contributed by atoms with Gasteiger partial charge in [0.2, 0.25) is 5.91 Å². The minimum absolute atomic E-state index is 0.151. The first-order valence-corrected chi connectivity index (χ1v) is 10.3. The minimum atomic E-state index is -0.151. The lowest BCUT2D eigenvalue weighted by atomic mass is 9.99. The van der Waals surface area contributed by atoms with Gasteiger partial charge in [-0.15, -0.1) is 11.3 Å². The van der Waals surface area contributed by atoms with Gasteiger partial charge in [0.1, 0.15) is 5.82 Å². The van der Waals surface area contributed by atoms with Crippen molar-refractivity contribution in [3.8, 4) is 11.3 Å². The number of hydrogen-bond acceptors (Lipinski definition) is 7. The first kappa shape index (κ1) is 19.3. The number of nitrogens with one attached hydrogen (secondary N) is 1. The van der Waals surface area contributed by atoms with Gasteiger partial charge >= 0.3 is 0 Å². The molecule has 1 aromatic carbocycles. The van der Waals surface area contributed by atoms with Gasteiger partial charge in [-0.1, -0.05) is 17.8 Å². The molecule has 0 saturated carbocycles. The Labute approximate surface area is 166 Å². The molecule has 140 valence electrons. The molecule has 0 saturated heterocycles. The molecule has 0 fully saturated rings. The fraction of sp³-hybridized carbons (Fsp3) is 0.263. The van der Waals surface area contributed by atoms with E-state index in [2.05, 4.69) is 53.2 Å². The molecular weight excluding hydrogens is 378 g/mol. The fourth-order valence-electron chi connectivity index (χ4n) is 2.61. The van der Waals surface area contributed by atoms with E-state index in [1.807, 2.05) is 12.3 Å². The molecule has 2 heterocycles. The van der Waals surface area contributed by atoms with E-state index in [4.69, 9.17) is 5.73 Å². The van der Waals surface area contributed by atoms with Crippen LogP contribution in [-0.2, 0) is 4.79 Å². The van der Waals surface area contributed by atoms with Crippen LogP contribution < -0.4 is 11.1 Å². The molecule has 3 N–H and O–H groups in total. The number of rotatable bonds is 5. The minimum Gasteiger partial charge on any atom is -0.384 e. The summed E-state index contributed by atoms with van der Waals surface area (Å²) >= 11 is 2.66. The number of benzene rings is 1. The van der Waals surface area contributed by atoms with E-state index in [9.17, 15) is 4.79 Å². The fourth-order valence-corrected chi connectivity index (χ4v) is 4.04. The van der Waals surface area contributed by atoms with Crippen LogP contribution in [0.25, 0.3) is 11.3 Å². The van der Waals surface area contributed by atoms with Gasteiger partial charge in [-0.05, 0) is 50.5 Å². The van der Waals surface area contributed by atoms with Gasteiger partial charge < -0.3 is 11.1 Å². The maximum absolute atomic E-state index is 12.2. The molecular formula is C19H21N5OS2. The summed E-state index contributed by atoms with van der Waals surface area (Å²) in [5.41, 5.74) is 12.1. The summed E-state index contributed by atoms with van der Waals surface area (Å²) < 4.78 is 0. The Bertz CT molecular complexity index is 980. The number of anilines is 2. The zero-order valence-corrected chi connectivity index (χ0v) is 17.3. The molecule has 3 aromatic rings. The molecule has 0 bridgehead atoms. The number of hydrogen-bond donors (Lipinski definition) is 2. The summed E-state index contributed by atoms with van der Waals surface area (Å²) in [7, 11) is 0. The van der Waals surface area contributed by atoms with E-state index in [-0.39, 0.29) is 11.7 Å². The smallest absolute Gasteiger partial charge is 0.236 e. The average Bonchev–Trinajstić information content (AvgIpc) is 3.03. The first-order chi connectivity index (χ1) is 12.8. The lowest BCUT2D eigenvalue weighted by Gasteiger charge is -2.07. The summed E-state index contributed by atoms with van der Waals surface area (Å²) in [6.07, 6.45) is 0. The van der Waals surface area contributed by atoms with E-state index in [0.717, 1.165) is 17.0 Å². The molecule has 8 heteroatoms. The average molecular weight is 400 g/mol. The first-order valence-electron chi connectivity index (χ1n) is 8.39. The molecule has 3 rings (SSSR count). The second kappa shape index (κ2) is 8.06. The van der Waals surface area contributed by atoms with Crippen molar-refractivity contribution in [3.63, 3.8) is 0 Å². The zero-order chi connectivity index (χ0) is 19.6. The quantitative estimate of drug-likeness (QED) is 0.494. The molecule has 0 aliphatic heterocycles. The lowest BCUT2D eigenvalue weighted by Crippen LogP contribution is -2.14. The Morgan fingerprint density at radius 3 is 2.56 bits per heavy atom. The Morgan fingerprint density at radius 2 is 1.81 bits per heavy atom. The summed E-state index contributed by atoms with van der Waals surface area (Å²) in [5, 5.41) is 5.88. The number of nitrogen functional groups attached to an aromatic ring is 1. The molecule has 0 atom stereocenters. The van der Waals surface area contributed by atoms with Crippen LogP contribution in [0.2, 0.25) is 0 Å². The van der Waals surface area contributed by atoms with Crippen LogP contribution in [0.4, 0.5) is 10.9 Å². The second-order valence-electron chi connectivity index (χ2n) is 6.34. The number of aromatic nitrogens is 3. The third-order valence-electron chi connectivity index (χ3n) is 4.05. The van der Waals surface area contributed by atoms with Gasteiger partial charge in [0.15, 0.2) is 10.3 Å². The van der Waals surface area contributed by atoms with Crippen molar-refractivity contribution in [1.29, 1.82) is 0 Å². The number of thiazole rings is 1. The Balaban J connectivity index is 1.65. The van der Waals surface area contributed by atoms with Crippen molar-refractivity contribution in [3.05, 3.63) is 46.0 Å². The molecule has 1 amide bonds. The molecule has 0 aliphatic rings. The van der Waals surface area contributed by atoms with Crippen LogP contribution in [0.15, 0.2) is 28.7 Å². The number of nitrogens with two attached hydrogens (primary N) is 1.